The predicted molar refractivity (Wildman–Crippen MR) is 110 cm³/mol. The van der Waals surface area contributed by atoms with E-state index in [2.05, 4.69) is 5.32 Å². The number of phenolic OH excluding ortho intramolecular Hbond substituents is 1. The minimum absolute atomic E-state index is 0. The third kappa shape index (κ3) is 4.66. The van der Waals surface area contributed by atoms with Crippen LogP contribution in [0.25, 0.3) is 0 Å². The molecule has 30 heavy (non-hydrogen) atoms. The second-order valence-corrected chi connectivity index (χ2v) is 10.7. The van der Waals surface area contributed by atoms with Gasteiger partial charge in [0.2, 0.25) is 0 Å². The molecule has 166 valence electrons. The molecule has 2 aromatic carbocycles. The Bertz CT molecular complexity index is 1160. The van der Waals surface area contributed by atoms with Crippen LogP contribution in [-0.4, -0.2) is 46.8 Å². The van der Waals surface area contributed by atoms with Gasteiger partial charge in [-0.3, -0.25) is 0 Å². The van der Waals surface area contributed by atoms with Crippen molar-refractivity contribution in [3.8, 4) is 5.75 Å². The number of aromatic hydroxyl groups is 1. The number of rotatable bonds is 3. The number of sulfone groups is 2. The van der Waals surface area contributed by atoms with Crippen molar-refractivity contribution in [1.82, 2.24) is 5.32 Å². The number of halogens is 4. The van der Waals surface area contributed by atoms with Crippen molar-refractivity contribution in [3.05, 3.63) is 53.1 Å². The van der Waals surface area contributed by atoms with E-state index >= 15 is 0 Å². The van der Waals surface area contributed by atoms with Gasteiger partial charge < -0.3 is 10.4 Å². The average Bonchev–Trinajstić information content (AvgIpc) is 2.81. The van der Waals surface area contributed by atoms with Gasteiger partial charge in [0.1, 0.15) is 10.6 Å². The third-order valence-corrected chi connectivity index (χ3v) is 7.40. The molecule has 0 aromatic heterocycles. The standard InChI is InChI=1S/C18H18F3NO5S2.BrH/c1-28(24,25)17-8-12-5-6-22-10-15(14(12)9-16(17)23)11-3-2-4-13(7-11)29(26,27)18(19,20)21;/h2-4,7-9,15,22-23H,5-6,10H2,1H3;1H. The van der Waals surface area contributed by atoms with Crippen LogP contribution in [0.2, 0.25) is 0 Å². The van der Waals surface area contributed by atoms with E-state index in [1.807, 2.05) is 0 Å². The fraction of sp³-hybridized carbons (Fsp3) is 0.333. The smallest absolute Gasteiger partial charge is 0.501 e. The van der Waals surface area contributed by atoms with Crippen molar-refractivity contribution in [1.29, 1.82) is 0 Å². The molecule has 0 saturated heterocycles. The topological polar surface area (TPSA) is 101 Å². The number of hydrogen-bond donors (Lipinski definition) is 2. The van der Waals surface area contributed by atoms with Crippen molar-refractivity contribution in [3.63, 3.8) is 0 Å². The molecule has 12 heteroatoms. The monoisotopic (exact) mass is 529 g/mol. The second-order valence-electron chi connectivity index (χ2n) is 6.82. The number of benzene rings is 2. The van der Waals surface area contributed by atoms with Gasteiger partial charge in [0, 0.05) is 18.7 Å². The quantitative estimate of drug-likeness (QED) is 0.633. The molecule has 1 atom stereocenters. The van der Waals surface area contributed by atoms with E-state index in [0.717, 1.165) is 18.4 Å². The summed E-state index contributed by atoms with van der Waals surface area (Å²) in [6, 6.07) is 7.21. The Morgan fingerprint density at radius 1 is 1.10 bits per heavy atom. The second kappa shape index (κ2) is 8.48. The molecule has 0 aliphatic carbocycles. The number of hydrogen-bond acceptors (Lipinski definition) is 6. The maximum atomic E-state index is 12.9. The first-order chi connectivity index (χ1) is 13.3. The van der Waals surface area contributed by atoms with Crippen LogP contribution in [0.1, 0.15) is 22.6 Å². The Kier molecular flexibility index (Phi) is 6.97. The number of fused-ring (bicyclic) bond motifs is 1. The Morgan fingerprint density at radius 2 is 1.77 bits per heavy atom. The summed E-state index contributed by atoms with van der Waals surface area (Å²) in [6.07, 6.45) is 1.40. The van der Waals surface area contributed by atoms with Crippen molar-refractivity contribution < 1.29 is 35.1 Å². The van der Waals surface area contributed by atoms with Gasteiger partial charge >= 0.3 is 5.51 Å². The van der Waals surface area contributed by atoms with Crippen LogP contribution in [0.3, 0.4) is 0 Å². The Balaban J connectivity index is 0.00000320. The summed E-state index contributed by atoms with van der Waals surface area (Å²) in [6.45, 7) is 0.762. The van der Waals surface area contributed by atoms with Crippen LogP contribution < -0.4 is 5.32 Å². The van der Waals surface area contributed by atoms with E-state index in [4.69, 9.17) is 0 Å². The van der Waals surface area contributed by atoms with Gasteiger partial charge in [0.25, 0.3) is 9.84 Å². The summed E-state index contributed by atoms with van der Waals surface area (Å²) in [5.41, 5.74) is -3.98. The molecule has 2 N–H and O–H groups in total. The minimum atomic E-state index is -5.51. The SMILES string of the molecule is Br.CS(=O)(=O)c1cc2c(cc1O)C(c1cccc(S(=O)(=O)C(F)(F)F)c1)CNCC2. The highest BCUT2D eigenvalue weighted by Gasteiger charge is 2.47. The highest BCUT2D eigenvalue weighted by molar-refractivity contribution is 8.93. The largest absolute Gasteiger partial charge is 0.507 e. The van der Waals surface area contributed by atoms with Crippen LogP contribution in [0.4, 0.5) is 13.2 Å². The van der Waals surface area contributed by atoms with Gasteiger partial charge in [-0.15, -0.1) is 17.0 Å². The fourth-order valence-corrected chi connectivity index (χ4v) is 4.98. The van der Waals surface area contributed by atoms with Gasteiger partial charge in [-0.25, -0.2) is 16.8 Å². The molecule has 1 heterocycles. The molecule has 0 spiro atoms. The van der Waals surface area contributed by atoms with E-state index in [0.29, 0.717) is 29.7 Å². The van der Waals surface area contributed by atoms with Crippen molar-refractivity contribution >= 4 is 36.7 Å². The molecular formula is C18H19BrF3NO5S2. The molecule has 0 fully saturated rings. The number of phenols is 1. The average molecular weight is 530 g/mol. The predicted octanol–water partition coefficient (Wildman–Crippen LogP) is 2.94. The summed E-state index contributed by atoms with van der Waals surface area (Å²) in [7, 11) is -9.19. The van der Waals surface area contributed by atoms with Crippen molar-refractivity contribution in [2.24, 2.45) is 0 Å². The van der Waals surface area contributed by atoms with E-state index in [1.54, 1.807) is 0 Å². The fourth-order valence-electron chi connectivity index (χ4n) is 3.37. The molecular weight excluding hydrogens is 511 g/mol. The third-order valence-electron chi connectivity index (χ3n) is 4.79. The first-order valence-corrected chi connectivity index (χ1v) is 11.9. The highest BCUT2D eigenvalue weighted by atomic mass is 79.9. The van der Waals surface area contributed by atoms with Gasteiger partial charge in [0.05, 0.1) is 4.90 Å². The lowest BCUT2D eigenvalue weighted by molar-refractivity contribution is -0.0436. The summed E-state index contributed by atoms with van der Waals surface area (Å²) < 4.78 is 86.0. The molecule has 0 radical (unpaired) electrons. The van der Waals surface area contributed by atoms with Crippen LogP contribution in [0.5, 0.6) is 5.75 Å². The Hall–Kier alpha value is -1.63. The summed E-state index contributed by atoms with van der Waals surface area (Å²) in [4.78, 5) is -1.10. The van der Waals surface area contributed by atoms with Crippen LogP contribution in [-0.2, 0) is 26.1 Å². The Morgan fingerprint density at radius 3 is 2.37 bits per heavy atom. The van der Waals surface area contributed by atoms with E-state index in [9.17, 15) is 35.1 Å². The summed E-state index contributed by atoms with van der Waals surface area (Å²) in [5.74, 6) is -1.03. The number of nitrogens with one attached hydrogen (secondary N) is 1. The van der Waals surface area contributed by atoms with Gasteiger partial charge in [-0.2, -0.15) is 13.2 Å². The Labute approximate surface area is 182 Å². The lowest BCUT2D eigenvalue weighted by atomic mass is 9.88. The molecule has 1 unspecified atom stereocenters. The molecule has 1 aliphatic heterocycles. The molecule has 2 aromatic rings. The molecule has 0 amide bonds. The van der Waals surface area contributed by atoms with E-state index in [1.165, 1.54) is 24.3 Å². The van der Waals surface area contributed by atoms with Crippen LogP contribution in [0.15, 0.2) is 46.2 Å². The number of alkyl halides is 3. The lowest BCUT2D eigenvalue weighted by Gasteiger charge is -2.20. The highest BCUT2D eigenvalue weighted by Crippen LogP contribution is 2.37. The van der Waals surface area contributed by atoms with Crippen molar-refractivity contribution in [2.75, 3.05) is 19.3 Å². The van der Waals surface area contributed by atoms with E-state index in [-0.39, 0.29) is 28.4 Å². The zero-order valence-electron chi connectivity index (χ0n) is 15.6. The van der Waals surface area contributed by atoms with E-state index < -0.39 is 41.7 Å². The first kappa shape index (κ1) is 24.6. The molecule has 0 saturated carbocycles. The maximum Gasteiger partial charge on any atom is 0.501 e. The van der Waals surface area contributed by atoms with Gasteiger partial charge in [-0.05, 0) is 53.9 Å². The van der Waals surface area contributed by atoms with Gasteiger partial charge in [-0.1, -0.05) is 12.1 Å². The van der Waals surface area contributed by atoms with Gasteiger partial charge in [0.15, 0.2) is 9.84 Å². The zero-order chi connectivity index (χ0) is 21.6. The molecule has 3 rings (SSSR count). The van der Waals surface area contributed by atoms with Crippen LogP contribution >= 0.6 is 17.0 Å². The summed E-state index contributed by atoms with van der Waals surface area (Å²) in [5, 5.41) is 13.3. The molecule has 0 bridgehead atoms. The maximum absolute atomic E-state index is 12.9. The van der Waals surface area contributed by atoms with Crippen LogP contribution in [0, 0.1) is 0 Å². The van der Waals surface area contributed by atoms with Crippen molar-refractivity contribution in [2.45, 2.75) is 27.6 Å². The molecule has 1 aliphatic rings. The first-order valence-electron chi connectivity index (χ1n) is 8.50. The summed E-state index contributed by atoms with van der Waals surface area (Å²) >= 11 is 0. The minimum Gasteiger partial charge on any atom is -0.507 e. The lowest BCUT2D eigenvalue weighted by Crippen LogP contribution is -2.24. The normalized spacial score (nSPS) is 17.5. The zero-order valence-corrected chi connectivity index (χ0v) is 18.9. The molecule has 6 nitrogen and oxygen atoms in total.